The maximum atomic E-state index is 13.0. The van der Waals surface area contributed by atoms with Gasteiger partial charge in [0.2, 0.25) is 0 Å². The Labute approximate surface area is 170 Å². The number of ether oxygens (including phenoxy) is 1. The van der Waals surface area contributed by atoms with Gasteiger partial charge in [0.15, 0.2) is 5.11 Å². The Morgan fingerprint density at radius 1 is 1.21 bits per heavy atom. The molecule has 2 aromatic carbocycles. The first-order chi connectivity index (χ1) is 13.3. The van der Waals surface area contributed by atoms with Crippen LogP contribution in [0.4, 0.5) is 5.69 Å². The summed E-state index contributed by atoms with van der Waals surface area (Å²) in [5, 5.41) is 11.8. The molecule has 1 aliphatic rings. The van der Waals surface area contributed by atoms with E-state index in [0.717, 1.165) is 4.90 Å². The van der Waals surface area contributed by atoms with E-state index in [4.69, 9.17) is 33.7 Å². The standard InChI is InChI=1S/C19H13ClN2O5S/c1-27-15-7-4-12(20)8-11(15)9-14-16(23)21-19(28)22(17(14)24)13-5-2-10(3-6-13)18(25)26/h2-9H,1H3,(H,25,26)(H,21,23,28)/b14-9+. The third kappa shape index (κ3) is 3.73. The third-order valence-electron chi connectivity index (χ3n) is 3.97. The molecule has 0 aliphatic carbocycles. The molecule has 2 N–H and O–H groups in total. The molecule has 0 saturated carbocycles. The highest BCUT2D eigenvalue weighted by Crippen LogP contribution is 2.27. The number of hydrogen-bond donors (Lipinski definition) is 2. The van der Waals surface area contributed by atoms with Crippen molar-refractivity contribution in [2.75, 3.05) is 12.0 Å². The number of hydrogen-bond acceptors (Lipinski definition) is 5. The van der Waals surface area contributed by atoms with Crippen LogP contribution >= 0.6 is 23.8 Å². The van der Waals surface area contributed by atoms with Gasteiger partial charge in [-0.1, -0.05) is 11.6 Å². The fourth-order valence-corrected chi connectivity index (χ4v) is 3.08. The minimum absolute atomic E-state index is 0.0580. The number of halogens is 1. The Morgan fingerprint density at radius 3 is 2.50 bits per heavy atom. The van der Waals surface area contributed by atoms with Gasteiger partial charge in [-0.25, -0.2) is 4.79 Å². The first-order valence-electron chi connectivity index (χ1n) is 7.90. The Balaban J connectivity index is 2.03. The fourth-order valence-electron chi connectivity index (χ4n) is 2.62. The number of rotatable bonds is 4. The highest BCUT2D eigenvalue weighted by molar-refractivity contribution is 7.80. The second-order valence-electron chi connectivity index (χ2n) is 5.70. The van der Waals surface area contributed by atoms with Crippen LogP contribution in [0.25, 0.3) is 6.08 Å². The lowest BCUT2D eigenvalue weighted by atomic mass is 10.1. The molecule has 2 aromatic rings. The summed E-state index contributed by atoms with van der Waals surface area (Å²) in [7, 11) is 1.46. The molecule has 1 fully saturated rings. The van der Waals surface area contributed by atoms with E-state index in [9.17, 15) is 14.4 Å². The third-order valence-corrected chi connectivity index (χ3v) is 4.49. The topological polar surface area (TPSA) is 95.9 Å². The largest absolute Gasteiger partial charge is 0.496 e. The number of carboxylic acid groups (broad SMARTS) is 1. The lowest BCUT2D eigenvalue weighted by Crippen LogP contribution is -2.54. The van der Waals surface area contributed by atoms with Crippen LogP contribution in [0.5, 0.6) is 5.75 Å². The predicted molar refractivity (Wildman–Crippen MR) is 108 cm³/mol. The van der Waals surface area contributed by atoms with Crippen molar-refractivity contribution >= 4 is 58.5 Å². The first kappa shape index (κ1) is 19.5. The summed E-state index contributed by atoms with van der Waals surface area (Å²) in [5.41, 5.74) is 0.658. The predicted octanol–water partition coefficient (Wildman–Crippen LogP) is 2.88. The van der Waals surface area contributed by atoms with Crippen molar-refractivity contribution in [2.24, 2.45) is 0 Å². The minimum atomic E-state index is -1.10. The Morgan fingerprint density at radius 2 is 1.89 bits per heavy atom. The number of thiocarbonyl (C=S) groups is 1. The normalized spacial score (nSPS) is 15.6. The number of nitrogens with zero attached hydrogens (tertiary/aromatic N) is 1. The van der Waals surface area contributed by atoms with Gasteiger partial charge >= 0.3 is 5.97 Å². The number of anilines is 1. The summed E-state index contributed by atoms with van der Waals surface area (Å²) in [6.45, 7) is 0. The number of carboxylic acids is 1. The van der Waals surface area contributed by atoms with Crippen LogP contribution < -0.4 is 15.0 Å². The molecule has 0 bridgehead atoms. The highest BCUT2D eigenvalue weighted by atomic mass is 35.5. The van der Waals surface area contributed by atoms with Gasteiger partial charge in [0.05, 0.1) is 18.4 Å². The summed E-state index contributed by atoms with van der Waals surface area (Å²) in [6, 6.07) is 10.3. The van der Waals surface area contributed by atoms with E-state index in [-0.39, 0.29) is 16.2 Å². The number of benzene rings is 2. The van der Waals surface area contributed by atoms with E-state index < -0.39 is 17.8 Å². The number of methoxy groups -OCH3 is 1. The summed E-state index contributed by atoms with van der Waals surface area (Å²) < 4.78 is 5.24. The molecular weight excluding hydrogens is 404 g/mol. The molecule has 9 heteroatoms. The lowest BCUT2D eigenvalue weighted by Gasteiger charge is -2.29. The Hall–Kier alpha value is -3.23. The second-order valence-corrected chi connectivity index (χ2v) is 6.52. The van der Waals surface area contributed by atoms with Gasteiger partial charge < -0.3 is 9.84 Å². The molecule has 0 spiro atoms. The zero-order chi connectivity index (χ0) is 20.4. The molecule has 1 saturated heterocycles. The number of carbonyl (C=O) groups excluding carboxylic acids is 2. The number of nitrogens with one attached hydrogen (secondary N) is 1. The van der Waals surface area contributed by atoms with Gasteiger partial charge in [0.1, 0.15) is 11.3 Å². The van der Waals surface area contributed by atoms with Gasteiger partial charge in [-0.2, -0.15) is 0 Å². The molecule has 7 nitrogen and oxygen atoms in total. The maximum absolute atomic E-state index is 13.0. The van der Waals surface area contributed by atoms with Crippen LogP contribution in [-0.4, -0.2) is 35.1 Å². The smallest absolute Gasteiger partial charge is 0.335 e. The zero-order valence-corrected chi connectivity index (χ0v) is 16.0. The lowest BCUT2D eigenvalue weighted by molar-refractivity contribution is -0.122. The monoisotopic (exact) mass is 416 g/mol. The van der Waals surface area contributed by atoms with E-state index in [1.807, 2.05) is 0 Å². The quantitative estimate of drug-likeness (QED) is 0.452. The van der Waals surface area contributed by atoms with Crippen molar-refractivity contribution in [2.45, 2.75) is 0 Å². The van der Waals surface area contributed by atoms with Crippen LogP contribution in [0.3, 0.4) is 0 Å². The van der Waals surface area contributed by atoms with Crippen molar-refractivity contribution in [3.63, 3.8) is 0 Å². The van der Waals surface area contributed by atoms with Crippen LogP contribution in [-0.2, 0) is 9.59 Å². The SMILES string of the molecule is COc1ccc(Cl)cc1/C=C1\C(=O)NC(=S)N(c2ccc(C(=O)O)cc2)C1=O. The van der Waals surface area contributed by atoms with Gasteiger partial charge in [-0.3, -0.25) is 19.8 Å². The van der Waals surface area contributed by atoms with E-state index in [0.29, 0.717) is 22.0 Å². The molecule has 0 atom stereocenters. The van der Waals surface area contributed by atoms with Crippen molar-refractivity contribution in [1.82, 2.24) is 5.32 Å². The summed E-state index contributed by atoms with van der Waals surface area (Å²) >= 11 is 11.1. The molecule has 28 heavy (non-hydrogen) atoms. The Kier molecular flexibility index (Phi) is 5.43. The van der Waals surface area contributed by atoms with Crippen LogP contribution in [0.15, 0.2) is 48.0 Å². The summed E-state index contributed by atoms with van der Waals surface area (Å²) in [6.07, 6.45) is 1.36. The van der Waals surface area contributed by atoms with Crippen LogP contribution in [0, 0.1) is 0 Å². The van der Waals surface area contributed by atoms with Gasteiger partial charge in [-0.15, -0.1) is 0 Å². The Bertz CT molecular complexity index is 1030. The van der Waals surface area contributed by atoms with Gasteiger partial charge in [0, 0.05) is 10.6 Å². The molecule has 1 heterocycles. The average molecular weight is 417 g/mol. The summed E-state index contributed by atoms with van der Waals surface area (Å²) in [5.74, 6) is -1.97. The van der Waals surface area contributed by atoms with Crippen molar-refractivity contribution in [1.29, 1.82) is 0 Å². The van der Waals surface area contributed by atoms with Gasteiger partial charge in [0.25, 0.3) is 11.8 Å². The average Bonchev–Trinajstić information content (AvgIpc) is 2.65. The van der Waals surface area contributed by atoms with Crippen molar-refractivity contribution in [3.05, 3.63) is 64.2 Å². The molecule has 0 radical (unpaired) electrons. The van der Waals surface area contributed by atoms with Gasteiger partial charge in [-0.05, 0) is 60.8 Å². The van der Waals surface area contributed by atoms with Crippen LogP contribution in [0.1, 0.15) is 15.9 Å². The van der Waals surface area contributed by atoms with Crippen LogP contribution in [0.2, 0.25) is 5.02 Å². The first-order valence-corrected chi connectivity index (χ1v) is 8.69. The molecule has 0 aromatic heterocycles. The number of amides is 2. The fraction of sp³-hybridized carbons (Fsp3) is 0.0526. The van der Waals surface area contributed by atoms with Crippen molar-refractivity contribution < 1.29 is 24.2 Å². The highest BCUT2D eigenvalue weighted by Gasteiger charge is 2.34. The van der Waals surface area contributed by atoms with E-state index in [1.54, 1.807) is 18.2 Å². The molecule has 142 valence electrons. The molecular formula is C19H13ClN2O5S. The van der Waals surface area contributed by atoms with E-state index in [2.05, 4.69) is 5.32 Å². The minimum Gasteiger partial charge on any atom is -0.496 e. The molecule has 1 aliphatic heterocycles. The van der Waals surface area contributed by atoms with Crippen molar-refractivity contribution in [3.8, 4) is 5.75 Å². The summed E-state index contributed by atoms with van der Waals surface area (Å²) in [4.78, 5) is 37.5. The van der Waals surface area contributed by atoms with E-state index in [1.165, 1.54) is 37.5 Å². The molecule has 0 unspecified atom stereocenters. The second kappa shape index (κ2) is 7.79. The number of aromatic carboxylic acids is 1. The molecule has 2 amide bonds. The zero-order valence-electron chi connectivity index (χ0n) is 14.4. The van der Waals surface area contributed by atoms with E-state index >= 15 is 0 Å². The maximum Gasteiger partial charge on any atom is 0.335 e. The molecule has 3 rings (SSSR count). The number of carbonyl (C=O) groups is 3.